The minimum atomic E-state index is -0.503. The topological polar surface area (TPSA) is 105 Å². The lowest BCUT2D eigenvalue weighted by atomic mass is 9.82. The molecule has 2 fully saturated rings. The third-order valence-electron chi connectivity index (χ3n) is 5.98. The molecule has 2 saturated heterocycles. The number of hydrogen-bond acceptors (Lipinski definition) is 7. The lowest BCUT2D eigenvalue weighted by molar-refractivity contribution is -0.143. The van der Waals surface area contributed by atoms with Crippen molar-refractivity contribution in [3.63, 3.8) is 0 Å². The Hall–Kier alpha value is -2.85. The molecule has 156 valence electrons. The van der Waals surface area contributed by atoms with Crippen LogP contribution in [-0.4, -0.2) is 70.4 Å². The van der Waals surface area contributed by atoms with E-state index in [0.29, 0.717) is 32.5 Å². The highest BCUT2D eigenvalue weighted by molar-refractivity contribution is 7.15. The van der Waals surface area contributed by atoms with Gasteiger partial charge in [-0.05, 0) is 24.5 Å². The molecule has 3 aliphatic rings. The molecular weight excluding hydrogens is 406 g/mol. The average molecular weight is 427 g/mol. The highest BCUT2D eigenvalue weighted by Gasteiger charge is 2.43. The predicted octanol–water partition coefficient (Wildman–Crippen LogP) is 1.15. The first-order valence-electron chi connectivity index (χ1n) is 9.95. The summed E-state index contributed by atoms with van der Waals surface area (Å²) in [6, 6.07) is 1.66. The lowest BCUT2D eigenvalue weighted by Gasteiger charge is -2.44. The number of fused-ring (bicyclic) bond motifs is 2. The maximum absolute atomic E-state index is 12.6. The molecule has 4 amide bonds. The molecule has 5 rings (SSSR count). The smallest absolute Gasteiger partial charge is 0.325 e. The van der Waals surface area contributed by atoms with E-state index in [1.807, 2.05) is 0 Å². The van der Waals surface area contributed by atoms with Crippen molar-refractivity contribution in [1.29, 1.82) is 0 Å². The first-order valence-corrected chi connectivity index (χ1v) is 10.8. The average Bonchev–Trinajstić information content (AvgIpc) is 3.35. The molecule has 3 aliphatic heterocycles. The Kier molecular flexibility index (Phi) is 4.75. The number of carbonyl (C=O) groups is 3. The Bertz CT molecular complexity index is 984. The van der Waals surface area contributed by atoms with E-state index < -0.39 is 11.6 Å². The molecule has 2 aromatic rings. The Labute approximate surface area is 177 Å². The SMILES string of the molecule is O=C(CN1C(=O)CNC1=O)N1CCC2(CC1)OCCc1sc(-c3cnccn3)cc12. The molecular formula is C20H21N5O4S. The van der Waals surface area contributed by atoms with Crippen LogP contribution in [0.25, 0.3) is 10.6 Å². The normalized spacial score (nSPS) is 20.4. The second-order valence-electron chi connectivity index (χ2n) is 7.65. The van der Waals surface area contributed by atoms with E-state index in [9.17, 15) is 14.4 Å². The van der Waals surface area contributed by atoms with Crippen LogP contribution < -0.4 is 5.32 Å². The number of aromatic nitrogens is 2. The van der Waals surface area contributed by atoms with Crippen LogP contribution in [-0.2, 0) is 26.3 Å². The Morgan fingerprint density at radius 3 is 2.80 bits per heavy atom. The standard InChI is InChI=1S/C20H21N5O4S/c26-17-11-23-19(28)25(17)12-18(27)24-6-2-20(3-7-24)13-9-16(14-10-21-4-5-22-14)30-15(13)1-8-29-20/h4-5,9-10H,1-3,6-8,11-12H2,(H,23,28). The highest BCUT2D eigenvalue weighted by atomic mass is 32.1. The molecule has 0 bridgehead atoms. The molecule has 0 aromatic carbocycles. The number of ether oxygens (including phenoxy) is 1. The monoisotopic (exact) mass is 427 g/mol. The molecule has 9 nitrogen and oxygen atoms in total. The third-order valence-corrected chi connectivity index (χ3v) is 7.19. The van der Waals surface area contributed by atoms with Gasteiger partial charge in [-0.3, -0.25) is 24.5 Å². The molecule has 2 aromatic heterocycles. The number of urea groups is 1. The van der Waals surface area contributed by atoms with Gasteiger partial charge in [0.15, 0.2) is 0 Å². The van der Waals surface area contributed by atoms with Gasteiger partial charge < -0.3 is 15.0 Å². The van der Waals surface area contributed by atoms with E-state index in [1.54, 1.807) is 34.8 Å². The van der Waals surface area contributed by atoms with E-state index in [1.165, 1.54) is 10.4 Å². The van der Waals surface area contributed by atoms with E-state index >= 15 is 0 Å². The van der Waals surface area contributed by atoms with Crippen molar-refractivity contribution in [2.24, 2.45) is 0 Å². The van der Waals surface area contributed by atoms with E-state index in [4.69, 9.17) is 4.74 Å². The molecule has 0 aliphatic carbocycles. The zero-order chi connectivity index (χ0) is 20.7. The maximum Gasteiger partial charge on any atom is 0.325 e. The van der Waals surface area contributed by atoms with Crippen LogP contribution in [0, 0.1) is 0 Å². The van der Waals surface area contributed by atoms with Crippen molar-refractivity contribution >= 4 is 29.2 Å². The highest BCUT2D eigenvalue weighted by Crippen LogP contribution is 2.46. The van der Waals surface area contributed by atoms with Gasteiger partial charge in [0.2, 0.25) is 5.91 Å². The fraction of sp³-hybridized carbons (Fsp3) is 0.450. The van der Waals surface area contributed by atoms with E-state index in [2.05, 4.69) is 21.4 Å². The van der Waals surface area contributed by atoms with Crippen molar-refractivity contribution in [2.45, 2.75) is 24.9 Å². The molecule has 10 heteroatoms. The van der Waals surface area contributed by atoms with Crippen LogP contribution in [0.2, 0.25) is 0 Å². The summed E-state index contributed by atoms with van der Waals surface area (Å²) in [7, 11) is 0. The van der Waals surface area contributed by atoms with Crippen LogP contribution >= 0.6 is 11.3 Å². The Balaban J connectivity index is 1.30. The number of amides is 4. The summed E-state index contributed by atoms with van der Waals surface area (Å²) in [5, 5.41) is 2.44. The van der Waals surface area contributed by atoms with Crippen molar-refractivity contribution in [3.05, 3.63) is 35.1 Å². The second kappa shape index (κ2) is 7.44. The van der Waals surface area contributed by atoms with Gasteiger partial charge in [-0.15, -0.1) is 11.3 Å². The molecule has 0 saturated carbocycles. The number of hydrogen-bond donors (Lipinski definition) is 1. The van der Waals surface area contributed by atoms with Gasteiger partial charge in [0.25, 0.3) is 5.91 Å². The number of likely N-dealkylation sites (tertiary alicyclic amines) is 1. The number of rotatable bonds is 3. The number of carbonyl (C=O) groups excluding carboxylic acids is 3. The summed E-state index contributed by atoms with van der Waals surface area (Å²) in [5.41, 5.74) is 1.65. The van der Waals surface area contributed by atoms with Crippen LogP contribution in [0.3, 0.4) is 0 Å². The number of nitrogens with zero attached hydrogens (tertiary/aromatic N) is 4. The van der Waals surface area contributed by atoms with Gasteiger partial charge in [0.1, 0.15) is 6.54 Å². The summed E-state index contributed by atoms with van der Waals surface area (Å²) in [5.74, 6) is -0.575. The summed E-state index contributed by atoms with van der Waals surface area (Å²) in [4.78, 5) is 49.8. The maximum atomic E-state index is 12.6. The van der Waals surface area contributed by atoms with Crippen LogP contribution in [0.15, 0.2) is 24.7 Å². The fourth-order valence-electron chi connectivity index (χ4n) is 4.35. The summed E-state index contributed by atoms with van der Waals surface area (Å²) >= 11 is 1.73. The van der Waals surface area contributed by atoms with Gasteiger partial charge in [-0.2, -0.15) is 0 Å². The fourth-order valence-corrected chi connectivity index (χ4v) is 5.54. The number of thiophene rings is 1. The van der Waals surface area contributed by atoms with Crippen molar-refractivity contribution < 1.29 is 19.1 Å². The molecule has 1 N–H and O–H groups in total. The van der Waals surface area contributed by atoms with Crippen LogP contribution in [0.5, 0.6) is 0 Å². The molecule has 30 heavy (non-hydrogen) atoms. The largest absolute Gasteiger partial charge is 0.370 e. The summed E-state index contributed by atoms with van der Waals surface area (Å²) in [6.07, 6.45) is 7.35. The van der Waals surface area contributed by atoms with Gasteiger partial charge >= 0.3 is 6.03 Å². The minimum Gasteiger partial charge on any atom is -0.370 e. The zero-order valence-electron chi connectivity index (χ0n) is 16.3. The van der Waals surface area contributed by atoms with Crippen molar-refractivity contribution in [3.8, 4) is 10.6 Å². The van der Waals surface area contributed by atoms with E-state index in [-0.39, 0.29) is 24.9 Å². The Morgan fingerprint density at radius 2 is 2.10 bits per heavy atom. The van der Waals surface area contributed by atoms with Gasteiger partial charge in [-0.1, -0.05) is 0 Å². The zero-order valence-corrected chi connectivity index (χ0v) is 17.1. The lowest BCUT2D eigenvalue weighted by Crippen LogP contribution is -2.50. The van der Waals surface area contributed by atoms with Gasteiger partial charge in [0.05, 0.1) is 35.5 Å². The second-order valence-corrected chi connectivity index (χ2v) is 8.79. The first-order chi connectivity index (χ1) is 14.6. The first kappa shape index (κ1) is 19.1. The Morgan fingerprint density at radius 1 is 1.27 bits per heavy atom. The molecule has 0 radical (unpaired) electrons. The minimum absolute atomic E-state index is 0.0435. The van der Waals surface area contributed by atoms with Crippen LogP contribution in [0.1, 0.15) is 23.3 Å². The third kappa shape index (κ3) is 3.25. The van der Waals surface area contributed by atoms with Crippen molar-refractivity contribution in [1.82, 2.24) is 25.1 Å². The predicted molar refractivity (Wildman–Crippen MR) is 108 cm³/mol. The summed E-state index contributed by atoms with van der Waals surface area (Å²) < 4.78 is 6.28. The molecule has 0 unspecified atom stereocenters. The van der Waals surface area contributed by atoms with Gasteiger partial charge in [0, 0.05) is 36.8 Å². The number of imide groups is 1. The van der Waals surface area contributed by atoms with Gasteiger partial charge in [-0.25, -0.2) is 4.79 Å². The molecule has 5 heterocycles. The number of piperidine rings is 1. The van der Waals surface area contributed by atoms with Crippen molar-refractivity contribution in [2.75, 3.05) is 32.8 Å². The van der Waals surface area contributed by atoms with Crippen LogP contribution in [0.4, 0.5) is 4.79 Å². The summed E-state index contributed by atoms with van der Waals surface area (Å²) in [6.45, 7) is 1.46. The quantitative estimate of drug-likeness (QED) is 0.737. The molecule has 0 atom stereocenters. The molecule has 1 spiro atoms. The number of nitrogens with one attached hydrogen (secondary N) is 1. The van der Waals surface area contributed by atoms with E-state index in [0.717, 1.165) is 21.9 Å².